The lowest BCUT2D eigenvalue weighted by molar-refractivity contribution is 0.654. The number of nitrogens with zero attached hydrogens (tertiary/aromatic N) is 2. The van der Waals surface area contributed by atoms with E-state index in [9.17, 15) is 0 Å². The highest BCUT2D eigenvalue weighted by molar-refractivity contribution is 5.95. The van der Waals surface area contributed by atoms with Crippen molar-refractivity contribution in [3.05, 3.63) is 12.3 Å². The summed E-state index contributed by atoms with van der Waals surface area (Å²) in [6.07, 6.45) is 5.89. The van der Waals surface area contributed by atoms with Gasteiger partial charge in [0.05, 0.1) is 6.04 Å². The van der Waals surface area contributed by atoms with Crippen molar-refractivity contribution in [3.8, 4) is 0 Å². The predicted octanol–water partition coefficient (Wildman–Crippen LogP) is 1.18. The summed E-state index contributed by atoms with van der Waals surface area (Å²) in [6, 6.07) is 0.299. The van der Waals surface area contributed by atoms with Crippen LogP contribution in [0.2, 0.25) is 0 Å². The highest BCUT2D eigenvalue weighted by atomic mass is 15.3. The third-order valence-electron chi connectivity index (χ3n) is 2.29. The maximum Gasteiger partial charge on any atom is 0.0907 e. The van der Waals surface area contributed by atoms with Gasteiger partial charge in [0.25, 0.3) is 0 Å². The second-order valence-electron chi connectivity index (χ2n) is 3.51. The summed E-state index contributed by atoms with van der Waals surface area (Å²) in [6.45, 7) is 4.34. The summed E-state index contributed by atoms with van der Waals surface area (Å²) in [5.41, 5.74) is 4.32. The molecule has 2 rings (SSSR count). The van der Waals surface area contributed by atoms with E-state index < -0.39 is 0 Å². The predicted molar refractivity (Wildman–Crippen MR) is 50.3 cm³/mol. The average molecular weight is 163 g/mol. The molecule has 0 aromatic rings. The van der Waals surface area contributed by atoms with E-state index in [1.165, 1.54) is 5.71 Å². The minimum absolute atomic E-state index is 0.299. The van der Waals surface area contributed by atoms with E-state index in [1.807, 2.05) is 12.4 Å². The number of nitrogens with one attached hydrogen (secondary N) is 1. The van der Waals surface area contributed by atoms with Crippen LogP contribution < -0.4 is 5.43 Å². The van der Waals surface area contributed by atoms with E-state index in [0.717, 1.165) is 0 Å². The van der Waals surface area contributed by atoms with Crippen LogP contribution in [0.4, 0.5) is 0 Å². The van der Waals surface area contributed by atoms with Gasteiger partial charge in [0, 0.05) is 24.0 Å². The molecule has 0 aromatic carbocycles. The Labute approximate surface area is 72.3 Å². The molecular weight excluding hydrogens is 150 g/mol. The first-order valence-corrected chi connectivity index (χ1v) is 4.32. The fourth-order valence-electron chi connectivity index (χ4n) is 1.63. The molecule has 2 heterocycles. The summed E-state index contributed by atoms with van der Waals surface area (Å²) in [5, 5.41) is 4.30. The first kappa shape index (κ1) is 7.53. The van der Waals surface area contributed by atoms with Crippen LogP contribution in [-0.4, -0.2) is 18.0 Å². The van der Waals surface area contributed by atoms with Crippen LogP contribution in [0.25, 0.3) is 0 Å². The minimum Gasteiger partial charge on any atom is -0.301 e. The van der Waals surface area contributed by atoms with E-state index in [4.69, 9.17) is 0 Å². The molecule has 0 spiro atoms. The lowest BCUT2D eigenvalue weighted by atomic mass is 9.89. The van der Waals surface area contributed by atoms with E-state index in [-0.39, 0.29) is 0 Å². The molecule has 12 heavy (non-hydrogen) atoms. The van der Waals surface area contributed by atoms with Crippen LogP contribution in [-0.2, 0) is 0 Å². The first-order valence-electron chi connectivity index (χ1n) is 4.32. The van der Waals surface area contributed by atoms with Crippen LogP contribution in [0.1, 0.15) is 13.8 Å². The van der Waals surface area contributed by atoms with Crippen molar-refractivity contribution >= 4 is 11.9 Å². The molecular formula is C9H13N3. The molecule has 1 N–H and O–H groups in total. The third-order valence-corrected chi connectivity index (χ3v) is 2.29. The number of aliphatic imine (C=N–C) groups is 1. The highest BCUT2D eigenvalue weighted by Crippen LogP contribution is 2.21. The summed E-state index contributed by atoms with van der Waals surface area (Å²) < 4.78 is 0. The Balaban J connectivity index is 2.20. The van der Waals surface area contributed by atoms with Gasteiger partial charge in [-0.2, -0.15) is 5.10 Å². The van der Waals surface area contributed by atoms with Crippen LogP contribution >= 0.6 is 0 Å². The van der Waals surface area contributed by atoms with Crippen molar-refractivity contribution in [2.24, 2.45) is 21.9 Å². The smallest absolute Gasteiger partial charge is 0.0907 e. The van der Waals surface area contributed by atoms with Gasteiger partial charge in [-0.25, -0.2) is 0 Å². The molecule has 2 unspecified atom stereocenters. The standard InChI is InChI=1S/C9H13N3/c1-6(2)9-7-3-4-10-5-8(7)11-12-9/h3-8,11H,1-2H3. The topological polar surface area (TPSA) is 36.8 Å². The summed E-state index contributed by atoms with van der Waals surface area (Å²) in [4.78, 5) is 4.07. The van der Waals surface area contributed by atoms with E-state index >= 15 is 0 Å². The quantitative estimate of drug-likeness (QED) is 0.619. The molecule has 3 heteroatoms. The lowest BCUT2D eigenvalue weighted by Gasteiger charge is -2.16. The van der Waals surface area contributed by atoms with E-state index in [2.05, 4.69) is 35.4 Å². The summed E-state index contributed by atoms with van der Waals surface area (Å²) in [7, 11) is 0. The van der Waals surface area contributed by atoms with Gasteiger partial charge in [-0.3, -0.25) is 4.99 Å². The van der Waals surface area contributed by atoms with Crippen molar-refractivity contribution in [2.75, 3.05) is 0 Å². The van der Waals surface area contributed by atoms with Crippen molar-refractivity contribution in [2.45, 2.75) is 19.9 Å². The molecule has 0 aliphatic carbocycles. The number of hydrazone groups is 1. The Bertz CT molecular complexity index is 263. The maximum atomic E-state index is 4.30. The van der Waals surface area contributed by atoms with Gasteiger partial charge in [-0.05, 0) is 5.92 Å². The molecule has 2 aliphatic rings. The Morgan fingerprint density at radius 1 is 1.50 bits per heavy atom. The zero-order valence-corrected chi connectivity index (χ0v) is 7.36. The minimum atomic E-state index is 0.299. The molecule has 0 radical (unpaired) electrons. The third kappa shape index (κ3) is 1.05. The second kappa shape index (κ2) is 2.73. The van der Waals surface area contributed by atoms with Crippen molar-refractivity contribution in [1.82, 2.24) is 5.43 Å². The van der Waals surface area contributed by atoms with Crippen molar-refractivity contribution in [3.63, 3.8) is 0 Å². The maximum absolute atomic E-state index is 4.30. The number of rotatable bonds is 1. The fraction of sp³-hybridized carbons (Fsp3) is 0.556. The molecule has 0 aromatic heterocycles. The molecule has 3 nitrogen and oxygen atoms in total. The molecule has 2 aliphatic heterocycles. The van der Waals surface area contributed by atoms with E-state index in [1.54, 1.807) is 0 Å². The van der Waals surface area contributed by atoms with Crippen LogP contribution in [0, 0.1) is 11.8 Å². The normalized spacial score (nSPS) is 31.8. The zero-order chi connectivity index (χ0) is 8.55. The summed E-state index contributed by atoms with van der Waals surface area (Å²) in [5.74, 6) is 0.950. The van der Waals surface area contributed by atoms with Gasteiger partial charge in [0.1, 0.15) is 0 Å². The number of hydrogen-bond acceptors (Lipinski definition) is 3. The zero-order valence-electron chi connectivity index (χ0n) is 7.36. The fourth-order valence-corrected chi connectivity index (χ4v) is 1.63. The molecule has 0 fully saturated rings. The highest BCUT2D eigenvalue weighted by Gasteiger charge is 2.30. The Morgan fingerprint density at radius 3 is 3.08 bits per heavy atom. The molecule has 0 saturated carbocycles. The number of fused-ring (bicyclic) bond motifs is 1. The Hall–Kier alpha value is -1.12. The molecule has 0 amide bonds. The van der Waals surface area contributed by atoms with E-state index in [0.29, 0.717) is 17.9 Å². The Morgan fingerprint density at radius 2 is 2.33 bits per heavy atom. The second-order valence-corrected chi connectivity index (χ2v) is 3.51. The Kier molecular flexibility index (Phi) is 1.71. The van der Waals surface area contributed by atoms with Gasteiger partial charge < -0.3 is 5.43 Å². The molecule has 0 bridgehead atoms. The van der Waals surface area contributed by atoms with Gasteiger partial charge >= 0.3 is 0 Å². The van der Waals surface area contributed by atoms with Gasteiger partial charge in [0.2, 0.25) is 0 Å². The average Bonchev–Trinajstić information content (AvgIpc) is 2.47. The molecule has 2 atom stereocenters. The SMILES string of the molecule is CC(C)C1=NNC2C=NC=CC12. The van der Waals surface area contributed by atoms with Gasteiger partial charge in [0.15, 0.2) is 0 Å². The number of hydrogen-bond donors (Lipinski definition) is 1. The monoisotopic (exact) mass is 163 g/mol. The van der Waals surface area contributed by atoms with Gasteiger partial charge in [-0.15, -0.1) is 0 Å². The largest absolute Gasteiger partial charge is 0.301 e. The van der Waals surface area contributed by atoms with Crippen LogP contribution in [0.5, 0.6) is 0 Å². The van der Waals surface area contributed by atoms with Crippen molar-refractivity contribution in [1.29, 1.82) is 0 Å². The lowest BCUT2D eigenvalue weighted by Crippen LogP contribution is -2.32. The summed E-state index contributed by atoms with van der Waals surface area (Å²) >= 11 is 0. The van der Waals surface area contributed by atoms with Crippen LogP contribution in [0.15, 0.2) is 22.4 Å². The van der Waals surface area contributed by atoms with Gasteiger partial charge in [-0.1, -0.05) is 19.9 Å². The first-order chi connectivity index (χ1) is 5.79. The molecule has 64 valence electrons. The van der Waals surface area contributed by atoms with Crippen molar-refractivity contribution < 1.29 is 0 Å². The molecule has 0 saturated heterocycles. The van der Waals surface area contributed by atoms with Crippen LogP contribution in [0.3, 0.4) is 0 Å².